The molecule has 0 unspecified atom stereocenters. The molecule has 1 amide bonds. The normalized spacial score (nSPS) is 17.5. The summed E-state index contributed by atoms with van der Waals surface area (Å²) < 4.78 is 0. The molecule has 1 saturated heterocycles. The Kier molecular flexibility index (Phi) is 7.13. The number of piperidine rings is 1. The number of carbonyl (C=O) groups excluding carboxylic acids is 1. The Morgan fingerprint density at radius 2 is 1.69 bits per heavy atom. The van der Waals surface area contributed by atoms with Gasteiger partial charge in [0.15, 0.2) is 0 Å². The summed E-state index contributed by atoms with van der Waals surface area (Å²) in [6.07, 6.45) is 4.47. The van der Waals surface area contributed by atoms with Crippen LogP contribution >= 0.6 is 0 Å². The first-order valence-corrected chi connectivity index (χ1v) is 13.2. The van der Waals surface area contributed by atoms with Crippen LogP contribution in [0.1, 0.15) is 48.3 Å². The average molecular weight is 483 g/mol. The van der Waals surface area contributed by atoms with Gasteiger partial charge in [-0.15, -0.1) is 0 Å². The molecule has 1 heterocycles. The van der Waals surface area contributed by atoms with E-state index in [1.165, 1.54) is 40.7 Å². The molecule has 1 aliphatic heterocycles. The second-order valence-corrected chi connectivity index (χ2v) is 10.6. The first-order valence-electron chi connectivity index (χ1n) is 13.2. The van der Waals surface area contributed by atoms with Gasteiger partial charge in [-0.2, -0.15) is 0 Å². The summed E-state index contributed by atoms with van der Waals surface area (Å²) in [5.74, 6) is 0.686. The Balaban J connectivity index is 1.30. The zero-order valence-electron chi connectivity index (χ0n) is 21.7. The number of rotatable bonds is 8. The second-order valence-electron chi connectivity index (χ2n) is 10.6. The molecule has 1 aliphatic carbocycles. The van der Waals surface area contributed by atoms with Gasteiger partial charge in [0.05, 0.1) is 6.54 Å². The first-order chi connectivity index (χ1) is 17.4. The van der Waals surface area contributed by atoms with E-state index in [1.807, 2.05) is 7.05 Å². The smallest absolute Gasteiger partial charge is 0.238 e. The molecular weight excluding hydrogens is 444 g/mol. The molecule has 0 bridgehead atoms. The van der Waals surface area contributed by atoms with Crippen LogP contribution in [0.15, 0.2) is 66.7 Å². The van der Waals surface area contributed by atoms with E-state index in [0.717, 1.165) is 37.3 Å². The zero-order valence-corrected chi connectivity index (χ0v) is 21.7. The molecule has 188 valence electrons. The lowest BCUT2D eigenvalue weighted by Crippen LogP contribution is -2.52. The molecule has 3 N–H and O–H groups in total. The van der Waals surface area contributed by atoms with Gasteiger partial charge in [-0.3, -0.25) is 10.1 Å². The highest BCUT2D eigenvalue weighted by atomic mass is 16.1. The molecule has 0 aromatic heterocycles. The SMILES string of the molecule is CNc1cccc(-c2ccc(C3(NCC(=O)Nc4cc(C)cc(C5CC5)c4)CCN(C)CC3)cc2)c1. The quantitative estimate of drug-likeness (QED) is 0.384. The van der Waals surface area contributed by atoms with Crippen molar-refractivity contribution in [2.45, 2.75) is 44.1 Å². The summed E-state index contributed by atoms with van der Waals surface area (Å²) in [4.78, 5) is 15.4. The van der Waals surface area contributed by atoms with E-state index in [9.17, 15) is 4.79 Å². The summed E-state index contributed by atoms with van der Waals surface area (Å²) in [6, 6.07) is 23.8. The van der Waals surface area contributed by atoms with Crippen molar-refractivity contribution < 1.29 is 4.79 Å². The third-order valence-electron chi connectivity index (χ3n) is 7.78. The van der Waals surface area contributed by atoms with Crippen molar-refractivity contribution in [1.29, 1.82) is 0 Å². The van der Waals surface area contributed by atoms with Gasteiger partial charge in [0.1, 0.15) is 0 Å². The van der Waals surface area contributed by atoms with E-state index in [-0.39, 0.29) is 11.4 Å². The van der Waals surface area contributed by atoms with E-state index in [2.05, 4.69) is 102 Å². The Morgan fingerprint density at radius 1 is 0.944 bits per heavy atom. The van der Waals surface area contributed by atoms with Gasteiger partial charge >= 0.3 is 0 Å². The topological polar surface area (TPSA) is 56.4 Å². The van der Waals surface area contributed by atoms with Gasteiger partial charge in [-0.1, -0.05) is 42.5 Å². The number of amides is 1. The third kappa shape index (κ3) is 5.63. The monoisotopic (exact) mass is 482 g/mol. The van der Waals surface area contributed by atoms with E-state index in [0.29, 0.717) is 12.5 Å². The van der Waals surface area contributed by atoms with Gasteiger partial charge in [0.2, 0.25) is 5.91 Å². The van der Waals surface area contributed by atoms with Crippen molar-refractivity contribution in [3.05, 3.63) is 83.4 Å². The fourth-order valence-corrected chi connectivity index (χ4v) is 5.40. The maximum Gasteiger partial charge on any atom is 0.238 e. The fraction of sp³-hybridized carbons (Fsp3) is 0.387. The second kappa shape index (κ2) is 10.5. The van der Waals surface area contributed by atoms with Crippen LogP contribution in [-0.2, 0) is 10.3 Å². The summed E-state index contributed by atoms with van der Waals surface area (Å²) in [5.41, 5.74) is 8.01. The van der Waals surface area contributed by atoms with Crippen LogP contribution < -0.4 is 16.0 Å². The molecule has 0 atom stereocenters. The number of aryl methyl sites for hydroxylation is 1. The molecule has 2 aliphatic rings. The van der Waals surface area contributed by atoms with Crippen molar-refractivity contribution in [1.82, 2.24) is 10.2 Å². The van der Waals surface area contributed by atoms with E-state index in [4.69, 9.17) is 0 Å². The molecule has 0 spiro atoms. The summed E-state index contributed by atoms with van der Waals surface area (Å²) in [5, 5.41) is 10.0. The number of hydrogen-bond donors (Lipinski definition) is 3. The lowest BCUT2D eigenvalue weighted by atomic mass is 9.80. The Labute approximate surface area is 215 Å². The Bertz CT molecular complexity index is 1210. The number of carbonyl (C=O) groups is 1. The molecule has 3 aromatic rings. The van der Waals surface area contributed by atoms with Crippen molar-refractivity contribution in [3.8, 4) is 11.1 Å². The molecule has 2 fully saturated rings. The third-order valence-corrected chi connectivity index (χ3v) is 7.78. The van der Waals surface area contributed by atoms with Gasteiger partial charge < -0.3 is 15.5 Å². The van der Waals surface area contributed by atoms with Crippen LogP contribution in [0, 0.1) is 6.92 Å². The maximum absolute atomic E-state index is 13.0. The number of hydrogen-bond acceptors (Lipinski definition) is 4. The first kappa shape index (κ1) is 24.5. The highest BCUT2D eigenvalue weighted by molar-refractivity contribution is 5.92. The van der Waals surface area contributed by atoms with Crippen LogP contribution in [0.3, 0.4) is 0 Å². The molecular formula is C31H38N4O. The molecule has 5 heteroatoms. The molecule has 3 aromatic carbocycles. The highest BCUT2D eigenvalue weighted by Crippen LogP contribution is 2.41. The fourth-order valence-electron chi connectivity index (χ4n) is 5.40. The van der Waals surface area contributed by atoms with Crippen LogP contribution in [0.25, 0.3) is 11.1 Å². The van der Waals surface area contributed by atoms with Gasteiger partial charge in [0.25, 0.3) is 0 Å². The van der Waals surface area contributed by atoms with Crippen molar-refractivity contribution >= 4 is 17.3 Å². The van der Waals surface area contributed by atoms with E-state index in [1.54, 1.807) is 0 Å². The van der Waals surface area contributed by atoms with E-state index >= 15 is 0 Å². The Morgan fingerprint density at radius 3 is 2.39 bits per heavy atom. The minimum absolute atomic E-state index is 0.0150. The van der Waals surface area contributed by atoms with Crippen molar-refractivity contribution in [3.63, 3.8) is 0 Å². The zero-order chi connectivity index (χ0) is 25.1. The van der Waals surface area contributed by atoms with Gasteiger partial charge in [-0.25, -0.2) is 0 Å². The molecule has 1 saturated carbocycles. The lowest BCUT2D eigenvalue weighted by molar-refractivity contribution is -0.115. The summed E-state index contributed by atoms with van der Waals surface area (Å²) >= 11 is 0. The van der Waals surface area contributed by atoms with Crippen molar-refractivity contribution in [2.24, 2.45) is 0 Å². The average Bonchev–Trinajstić information content (AvgIpc) is 3.74. The lowest BCUT2D eigenvalue weighted by Gasteiger charge is -2.42. The predicted octanol–water partition coefficient (Wildman–Crippen LogP) is 5.73. The van der Waals surface area contributed by atoms with E-state index < -0.39 is 0 Å². The molecule has 0 radical (unpaired) electrons. The van der Waals surface area contributed by atoms with Crippen LogP contribution in [0.2, 0.25) is 0 Å². The largest absolute Gasteiger partial charge is 0.388 e. The summed E-state index contributed by atoms with van der Waals surface area (Å²) in [6.45, 7) is 4.40. The minimum atomic E-state index is -0.207. The summed E-state index contributed by atoms with van der Waals surface area (Å²) in [7, 11) is 4.11. The standard InChI is InChI=1S/C31H38N4O/c1-22-17-26(24-7-8-24)20-29(18-22)34-30(36)21-33-31(13-15-35(3)16-14-31)27-11-9-23(10-12-27)25-5-4-6-28(19-25)32-2/h4-6,9-12,17-20,24,32-33H,7-8,13-16,21H2,1-3H3,(H,34,36). The number of nitrogens with one attached hydrogen (secondary N) is 3. The molecule has 5 rings (SSSR count). The number of nitrogens with zero attached hydrogens (tertiary/aromatic N) is 1. The number of benzene rings is 3. The maximum atomic E-state index is 13.0. The Hall–Kier alpha value is -3.15. The van der Waals surface area contributed by atoms with Crippen LogP contribution in [0.4, 0.5) is 11.4 Å². The highest BCUT2D eigenvalue weighted by Gasteiger charge is 2.35. The van der Waals surface area contributed by atoms with Crippen LogP contribution in [-0.4, -0.2) is 44.5 Å². The number of likely N-dealkylation sites (tertiary alicyclic amines) is 1. The minimum Gasteiger partial charge on any atom is -0.388 e. The van der Waals surface area contributed by atoms with Crippen LogP contribution in [0.5, 0.6) is 0 Å². The molecule has 36 heavy (non-hydrogen) atoms. The predicted molar refractivity (Wildman–Crippen MR) is 150 cm³/mol. The van der Waals surface area contributed by atoms with Crippen molar-refractivity contribution in [2.75, 3.05) is 44.4 Å². The number of anilines is 2. The van der Waals surface area contributed by atoms with Gasteiger partial charge in [0, 0.05) is 24.0 Å². The van der Waals surface area contributed by atoms with Gasteiger partial charge in [-0.05, 0) is 111 Å². The molecule has 5 nitrogen and oxygen atoms in total.